The van der Waals surface area contributed by atoms with Crippen molar-refractivity contribution in [3.8, 4) is 6.07 Å². The molecular weight excluding hydrogens is 220 g/mol. The van der Waals surface area contributed by atoms with Gasteiger partial charge in [-0.1, -0.05) is 0 Å². The van der Waals surface area contributed by atoms with Gasteiger partial charge >= 0.3 is 0 Å². The van der Waals surface area contributed by atoms with Crippen LogP contribution < -0.4 is 11.1 Å². The quantitative estimate of drug-likeness (QED) is 0.816. The molecule has 16 heavy (non-hydrogen) atoms. The molecule has 4 nitrogen and oxygen atoms in total. The molecule has 0 saturated carbocycles. The highest BCUT2D eigenvalue weighted by atomic mass is 32.2. The molecule has 5 heteroatoms. The first-order valence-corrected chi connectivity index (χ1v) is 6.45. The lowest BCUT2D eigenvalue weighted by molar-refractivity contribution is 0.682. The first-order valence-electron chi connectivity index (χ1n) is 5.29. The minimum Gasteiger partial charge on any atom is -0.397 e. The number of nitriles is 1. The summed E-state index contributed by atoms with van der Waals surface area (Å²) in [4.78, 5) is 4.18. The topological polar surface area (TPSA) is 74.7 Å². The smallest absolute Gasteiger partial charge is 0.144 e. The third kappa shape index (κ3) is 2.58. The summed E-state index contributed by atoms with van der Waals surface area (Å²) in [6.45, 7) is 0. The van der Waals surface area contributed by atoms with Crippen molar-refractivity contribution in [2.75, 3.05) is 22.6 Å². The molecule has 0 bridgehead atoms. The molecule has 1 aliphatic rings. The maximum atomic E-state index is 8.98. The summed E-state index contributed by atoms with van der Waals surface area (Å²) in [5.41, 5.74) is 6.64. The number of pyridine rings is 1. The molecule has 0 radical (unpaired) electrons. The Balaban J connectivity index is 2.11. The van der Waals surface area contributed by atoms with Crippen LogP contribution in [0.5, 0.6) is 0 Å². The Hall–Kier alpha value is -1.41. The normalized spacial score (nSPS) is 20.1. The zero-order chi connectivity index (χ0) is 11.4. The van der Waals surface area contributed by atoms with Gasteiger partial charge in [0.05, 0.1) is 17.4 Å². The SMILES string of the molecule is N#Cc1cc(N)cnc1NC1CCCSC1. The van der Waals surface area contributed by atoms with Crippen LogP contribution in [-0.4, -0.2) is 22.5 Å². The Morgan fingerprint density at radius 2 is 2.50 bits per heavy atom. The maximum Gasteiger partial charge on any atom is 0.144 e. The first-order chi connectivity index (χ1) is 7.79. The molecule has 3 N–H and O–H groups in total. The molecule has 0 aromatic carbocycles. The van der Waals surface area contributed by atoms with Gasteiger partial charge in [-0.05, 0) is 24.7 Å². The van der Waals surface area contributed by atoms with Gasteiger partial charge in [-0.25, -0.2) is 4.98 Å². The molecule has 1 aliphatic heterocycles. The van der Waals surface area contributed by atoms with Gasteiger partial charge in [-0.15, -0.1) is 0 Å². The van der Waals surface area contributed by atoms with Crippen LogP contribution in [0.1, 0.15) is 18.4 Å². The van der Waals surface area contributed by atoms with E-state index >= 15 is 0 Å². The van der Waals surface area contributed by atoms with Crippen LogP contribution in [0.4, 0.5) is 11.5 Å². The number of rotatable bonds is 2. The second-order valence-electron chi connectivity index (χ2n) is 3.84. The number of hydrogen-bond acceptors (Lipinski definition) is 5. The van der Waals surface area contributed by atoms with Gasteiger partial charge < -0.3 is 11.1 Å². The summed E-state index contributed by atoms with van der Waals surface area (Å²) in [5.74, 6) is 2.97. The van der Waals surface area contributed by atoms with Gasteiger partial charge in [0.25, 0.3) is 0 Å². The monoisotopic (exact) mass is 234 g/mol. The van der Waals surface area contributed by atoms with Gasteiger partial charge in [0.2, 0.25) is 0 Å². The van der Waals surface area contributed by atoms with Crippen molar-refractivity contribution in [2.45, 2.75) is 18.9 Å². The molecule has 1 saturated heterocycles. The van der Waals surface area contributed by atoms with Crippen molar-refractivity contribution in [2.24, 2.45) is 0 Å². The van der Waals surface area contributed by atoms with Crippen LogP contribution in [0.2, 0.25) is 0 Å². The highest BCUT2D eigenvalue weighted by Crippen LogP contribution is 2.22. The number of nitrogen functional groups attached to an aromatic ring is 1. The highest BCUT2D eigenvalue weighted by Gasteiger charge is 2.15. The summed E-state index contributed by atoms with van der Waals surface area (Å²) in [6, 6.07) is 4.19. The third-order valence-electron chi connectivity index (χ3n) is 2.53. The predicted octanol–water partition coefficient (Wildman–Crippen LogP) is 1.84. The van der Waals surface area contributed by atoms with Crippen molar-refractivity contribution in [3.05, 3.63) is 17.8 Å². The van der Waals surface area contributed by atoms with Crippen LogP contribution >= 0.6 is 11.8 Å². The number of thioether (sulfide) groups is 1. The van der Waals surface area contributed by atoms with Crippen LogP contribution in [0.15, 0.2) is 12.3 Å². The van der Waals surface area contributed by atoms with E-state index < -0.39 is 0 Å². The van der Waals surface area contributed by atoms with Gasteiger partial charge in [0.1, 0.15) is 11.9 Å². The molecule has 2 heterocycles. The fourth-order valence-electron chi connectivity index (χ4n) is 1.73. The van der Waals surface area contributed by atoms with Gasteiger partial charge in [0, 0.05) is 11.8 Å². The molecular formula is C11H14N4S. The fourth-order valence-corrected chi connectivity index (χ4v) is 2.80. The molecule has 1 fully saturated rings. The second-order valence-corrected chi connectivity index (χ2v) is 4.98. The predicted molar refractivity (Wildman–Crippen MR) is 67.3 cm³/mol. The lowest BCUT2D eigenvalue weighted by Gasteiger charge is -2.23. The minimum absolute atomic E-state index is 0.418. The number of nitrogens with zero attached hydrogens (tertiary/aromatic N) is 2. The number of anilines is 2. The van der Waals surface area contributed by atoms with Crippen LogP contribution in [0.3, 0.4) is 0 Å². The summed E-state index contributed by atoms with van der Waals surface area (Å²) in [7, 11) is 0. The average molecular weight is 234 g/mol. The Labute approximate surface area is 99.2 Å². The molecule has 0 spiro atoms. The van der Waals surface area contributed by atoms with Crippen molar-refractivity contribution in [1.82, 2.24) is 4.98 Å². The van der Waals surface area contributed by atoms with Gasteiger partial charge in [0.15, 0.2) is 0 Å². The third-order valence-corrected chi connectivity index (χ3v) is 3.75. The lowest BCUT2D eigenvalue weighted by atomic mass is 10.1. The largest absolute Gasteiger partial charge is 0.397 e. The number of aromatic nitrogens is 1. The Morgan fingerprint density at radius 3 is 3.19 bits per heavy atom. The van der Waals surface area contributed by atoms with Crippen LogP contribution in [0.25, 0.3) is 0 Å². The standard InChI is InChI=1S/C11H14N4S/c12-5-8-4-9(13)6-14-11(8)15-10-2-1-3-16-7-10/h4,6,10H,1-3,7,13H2,(H,14,15). The summed E-state index contributed by atoms with van der Waals surface area (Å²) < 4.78 is 0. The van der Waals surface area contributed by atoms with Crippen molar-refractivity contribution in [3.63, 3.8) is 0 Å². The summed E-state index contributed by atoms with van der Waals surface area (Å²) in [6.07, 6.45) is 3.95. The van der Waals surface area contributed by atoms with E-state index in [1.54, 1.807) is 12.3 Å². The van der Waals surface area contributed by atoms with Gasteiger partial charge in [-0.2, -0.15) is 17.0 Å². The summed E-state index contributed by atoms with van der Waals surface area (Å²) >= 11 is 1.94. The van der Waals surface area contributed by atoms with E-state index in [-0.39, 0.29) is 0 Å². The highest BCUT2D eigenvalue weighted by molar-refractivity contribution is 7.99. The molecule has 1 unspecified atom stereocenters. The van der Waals surface area contributed by atoms with E-state index in [4.69, 9.17) is 11.0 Å². The van der Waals surface area contributed by atoms with Crippen molar-refractivity contribution in [1.29, 1.82) is 5.26 Å². The van der Waals surface area contributed by atoms with E-state index in [1.165, 1.54) is 12.2 Å². The van der Waals surface area contributed by atoms with E-state index in [2.05, 4.69) is 16.4 Å². The molecule has 2 rings (SSSR count). The summed E-state index contributed by atoms with van der Waals surface area (Å²) in [5, 5.41) is 12.3. The molecule has 1 atom stereocenters. The Kier molecular flexibility index (Phi) is 3.52. The average Bonchev–Trinajstić information content (AvgIpc) is 2.33. The van der Waals surface area contributed by atoms with Crippen LogP contribution in [-0.2, 0) is 0 Å². The fraction of sp³-hybridized carbons (Fsp3) is 0.455. The van der Waals surface area contributed by atoms with E-state index in [1.807, 2.05) is 11.8 Å². The molecule has 84 valence electrons. The molecule has 1 aromatic rings. The van der Waals surface area contributed by atoms with Crippen molar-refractivity contribution < 1.29 is 0 Å². The Bertz CT molecular complexity index is 407. The zero-order valence-electron chi connectivity index (χ0n) is 8.94. The maximum absolute atomic E-state index is 8.98. The minimum atomic E-state index is 0.418. The van der Waals surface area contributed by atoms with E-state index in [9.17, 15) is 0 Å². The van der Waals surface area contributed by atoms with Gasteiger partial charge in [-0.3, -0.25) is 0 Å². The van der Waals surface area contributed by atoms with E-state index in [0.717, 1.165) is 12.2 Å². The lowest BCUT2D eigenvalue weighted by Crippen LogP contribution is -2.26. The number of hydrogen-bond donors (Lipinski definition) is 2. The zero-order valence-corrected chi connectivity index (χ0v) is 9.76. The first kappa shape index (κ1) is 11.1. The Morgan fingerprint density at radius 1 is 1.62 bits per heavy atom. The van der Waals surface area contributed by atoms with Crippen molar-refractivity contribution >= 4 is 23.3 Å². The molecule has 0 amide bonds. The number of nitrogens with two attached hydrogens (primary N) is 1. The molecule has 1 aromatic heterocycles. The van der Waals surface area contributed by atoms with E-state index in [0.29, 0.717) is 23.1 Å². The van der Waals surface area contributed by atoms with Crippen LogP contribution in [0, 0.1) is 11.3 Å². The molecule has 0 aliphatic carbocycles. The number of nitrogens with one attached hydrogen (secondary N) is 1. The second kappa shape index (κ2) is 5.08.